The SMILES string of the molecule is CC1CC(C2=CC=C(C(C)(C)C)CC2)=NN=C1c1ccc(-c2ccccc2)cc1. The van der Waals surface area contributed by atoms with Crippen LogP contribution in [0.3, 0.4) is 0 Å². The van der Waals surface area contributed by atoms with E-state index in [2.05, 4.69) is 98.6 Å². The van der Waals surface area contributed by atoms with Crippen LogP contribution in [0.25, 0.3) is 11.1 Å². The van der Waals surface area contributed by atoms with Crippen molar-refractivity contribution in [1.82, 2.24) is 0 Å². The summed E-state index contributed by atoms with van der Waals surface area (Å²) in [5, 5.41) is 9.29. The van der Waals surface area contributed by atoms with E-state index in [-0.39, 0.29) is 5.41 Å². The Balaban J connectivity index is 1.55. The summed E-state index contributed by atoms with van der Waals surface area (Å²) in [7, 11) is 0. The molecule has 0 aromatic heterocycles. The number of allylic oxidation sites excluding steroid dienone is 4. The van der Waals surface area contributed by atoms with Crippen molar-refractivity contribution in [2.75, 3.05) is 0 Å². The molecule has 2 aliphatic rings. The van der Waals surface area contributed by atoms with Crippen LogP contribution < -0.4 is 0 Å². The lowest BCUT2D eigenvalue weighted by atomic mass is 9.79. The molecule has 1 unspecified atom stereocenters. The van der Waals surface area contributed by atoms with Crippen molar-refractivity contribution >= 4 is 11.4 Å². The van der Waals surface area contributed by atoms with Crippen molar-refractivity contribution in [3.63, 3.8) is 0 Å². The number of hydrogen-bond donors (Lipinski definition) is 0. The fraction of sp³-hybridized carbons (Fsp3) is 0.333. The molecule has 29 heavy (non-hydrogen) atoms. The summed E-state index contributed by atoms with van der Waals surface area (Å²) in [5.74, 6) is 0.374. The smallest absolute Gasteiger partial charge is 0.0734 e. The third kappa shape index (κ3) is 4.32. The van der Waals surface area contributed by atoms with Gasteiger partial charge in [0.25, 0.3) is 0 Å². The average Bonchev–Trinajstić information content (AvgIpc) is 2.74. The first-order chi connectivity index (χ1) is 13.9. The van der Waals surface area contributed by atoms with Crippen LogP contribution in [0.5, 0.6) is 0 Å². The summed E-state index contributed by atoms with van der Waals surface area (Å²) < 4.78 is 0. The molecule has 4 rings (SSSR count). The van der Waals surface area contributed by atoms with Crippen LogP contribution in [-0.4, -0.2) is 11.4 Å². The van der Waals surface area contributed by atoms with Gasteiger partial charge in [0.1, 0.15) is 0 Å². The first-order valence-electron chi connectivity index (χ1n) is 10.6. The molecule has 0 N–H and O–H groups in total. The first kappa shape index (κ1) is 19.6. The minimum absolute atomic E-state index is 0.251. The quantitative estimate of drug-likeness (QED) is 0.535. The zero-order valence-electron chi connectivity index (χ0n) is 17.9. The van der Waals surface area contributed by atoms with E-state index in [0.717, 1.165) is 30.7 Å². The van der Waals surface area contributed by atoms with Crippen LogP contribution >= 0.6 is 0 Å². The van der Waals surface area contributed by atoms with E-state index < -0.39 is 0 Å². The molecule has 0 saturated heterocycles. The van der Waals surface area contributed by atoms with E-state index >= 15 is 0 Å². The lowest BCUT2D eigenvalue weighted by Gasteiger charge is -2.27. The Labute approximate surface area is 174 Å². The Hall–Kier alpha value is -2.74. The van der Waals surface area contributed by atoms with Gasteiger partial charge in [0.05, 0.1) is 11.4 Å². The number of rotatable bonds is 3. The predicted octanol–water partition coefficient (Wildman–Crippen LogP) is 7.23. The van der Waals surface area contributed by atoms with Gasteiger partial charge in [-0.3, -0.25) is 0 Å². The normalized spacial score (nSPS) is 19.8. The highest BCUT2D eigenvalue weighted by atomic mass is 15.2. The number of benzene rings is 2. The predicted molar refractivity (Wildman–Crippen MR) is 124 cm³/mol. The second-order valence-corrected chi connectivity index (χ2v) is 9.21. The average molecular weight is 383 g/mol. The number of nitrogens with zero attached hydrogens (tertiary/aromatic N) is 2. The zero-order valence-corrected chi connectivity index (χ0v) is 17.9. The van der Waals surface area contributed by atoms with Crippen LogP contribution in [0, 0.1) is 11.3 Å². The molecule has 2 aromatic rings. The van der Waals surface area contributed by atoms with Crippen molar-refractivity contribution in [2.24, 2.45) is 21.5 Å². The third-order valence-electron chi connectivity index (χ3n) is 6.02. The standard InChI is InChI=1S/C27H30N2/c1-19-18-25(22-14-16-24(17-15-22)27(2,3)4)28-29-26(19)23-12-10-21(11-13-23)20-8-6-5-7-9-20/h5-14,16,19H,15,17-18H2,1-4H3. The molecule has 148 valence electrons. The maximum Gasteiger partial charge on any atom is 0.0734 e. The van der Waals surface area contributed by atoms with Crippen LogP contribution in [0.2, 0.25) is 0 Å². The van der Waals surface area contributed by atoms with Crippen molar-refractivity contribution in [3.05, 3.63) is 83.5 Å². The van der Waals surface area contributed by atoms with E-state index in [4.69, 9.17) is 0 Å². The molecule has 1 aliphatic heterocycles. The van der Waals surface area contributed by atoms with E-state index in [9.17, 15) is 0 Å². The van der Waals surface area contributed by atoms with E-state index in [1.807, 2.05) is 6.07 Å². The third-order valence-corrected chi connectivity index (χ3v) is 6.02. The highest BCUT2D eigenvalue weighted by Crippen LogP contribution is 2.34. The summed E-state index contributed by atoms with van der Waals surface area (Å²) in [4.78, 5) is 0. The maximum atomic E-state index is 4.65. The lowest BCUT2D eigenvalue weighted by molar-refractivity contribution is 0.480. The molecular weight excluding hydrogens is 352 g/mol. The van der Waals surface area contributed by atoms with Gasteiger partial charge < -0.3 is 0 Å². The molecule has 1 heterocycles. The summed E-state index contributed by atoms with van der Waals surface area (Å²) in [6.45, 7) is 9.13. The van der Waals surface area contributed by atoms with Gasteiger partial charge in [-0.15, -0.1) is 0 Å². The fourth-order valence-corrected chi connectivity index (χ4v) is 4.14. The van der Waals surface area contributed by atoms with Gasteiger partial charge in [0.15, 0.2) is 0 Å². The van der Waals surface area contributed by atoms with Crippen LogP contribution in [0.4, 0.5) is 0 Å². The van der Waals surface area contributed by atoms with Crippen LogP contribution in [-0.2, 0) is 0 Å². The summed E-state index contributed by atoms with van der Waals surface area (Å²) in [5.41, 5.74) is 9.03. The molecule has 2 heteroatoms. The second kappa shape index (κ2) is 7.94. The van der Waals surface area contributed by atoms with Gasteiger partial charge in [-0.1, -0.05) is 100 Å². The van der Waals surface area contributed by atoms with Crippen LogP contribution in [0.1, 0.15) is 52.5 Å². The van der Waals surface area contributed by atoms with Crippen molar-refractivity contribution < 1.29 is 0 Å². The minimum Gasteiger partial charge on any atom is -0.155 e. The topological polar surface area (TPSA) is 24.7 Å². The molecule has 1 atom stereocenters. The van der Waals surface area contributed by atoms with Crippen molar-refractivity contribution in [2.45, 2.75) is 47.0 Å². The van der Waals surface area contributed by atoms with Crippen LogP contribution in [0.15, 0.2) is 88.1 Å². The largest absolute Gasteiger partial charge is 0.155 e. The van der Waals surface area contributed by atoms with Crippen molar-refractivity contribution in [1.29, 1.82) is 0 Å². The zero-order chi connectivity index (χ0) is 20.4. The van der Waals surface area contributed by atoms with E-state index in [1.165, 1.54) is 27.8 Å². The Bertz CT molecular complexity index is 997. The molecule has 0 bridgehead atoms. The van der Waals surface area contributed by atoms with Gasteiger partial charge in [0.2, 0.25) is 0 Å². The van der Waals surface area contributed by atoms with Gasteiger partial charge in [-0.05, 0) is 46.9 Å². The Kier molecular flexibility index (Phi) is 5.36. The molecule has 1 aliphatic carbocycles. The minimum atomic E-state index is 0.251. The highest BCUT2D eigenvalue weighted by molar-refractivity contribution is 6.10. The Morgan fingerprint density at radius 3 is 2.00 bits per heavy atom. The first-order valence-corrected chi connectivity index (χ1v) is 10.6. The molecule has 2 nitrogen and oxygen atoms in total. The molecule has 0 fully saturated rings. The molecule has 0 amide bonds. The molecule has 2 aromatic carbocycles. The fourth-order valence-electron chi connectivity index (χ4n) is 4.14. The highest BCUT2D eigenvalue weighted by Gasteiger charge is 2.25. The second-order valence-electron chi connectivity index (χ2n) is 9.21. The van der Waals surface area contributed by atoms with Gasteiger partial charge >= 0.3 is 0 Å². The molecule has 0 saturated carbocycles. The summed E-state index contributed by atoms with van der Waals surface area (Å²) >= 11 is 0. The van der Waals surface area contributed by atoms with Gasteiger partial charge in [-0.25, -0.2) is 0 Å². The van der Waals surface area contributed by atoms with Crippen molar-refractivity contribution in [3.8, 4) is 11.1 Å². The van der Waals surface area contributed by atoms with Gasteiger partial charge in [-0.2, -0.15) is 10.2 Å². The monoisotopic (exact) mass is 382 g/mol. The summed E-state index contributed by atoms with van der Waals surface area (Å²) in [6.07, 6.45) is 7.73. The molecule has 0 spiro atoms. The molecular formula is C27H30N2. The van der Waals surface area contributed by atoms with E-state index in [1.54, 1.807) is 0 Å². The Morgan fingerprint density at radius 2 is 1.41 bits per heavy atom. The van der Waals surface area contributed by atoms with Gasteiger partial charge in [0, 0.05) is 5.92 Å². The Morgan fingerprint density at radius 1 is 0.759 bits per heavy atom. The molecule has 0 radical (unpaired) electrons. The summed E-state index contributed by atoms with van der Waals surface area (Å²) in [6, 6.07) is 19.2. The maximum absolute atomic E-state index is 4.65. The lowest BCUT2D eigenvalue weighted by Crippen LogP contribution is -2.22. The van der Waals surface area contributed by atoms with E-state index in [0.29, 0.717) is 5.92 Å². The number of hydrogen-bond acceptors (Lipinski definition) is 2.